The van der Waals surface area contributed by atoms with Gasteiger partial charge < -0.3 is 4.90 Å². The van der Waals surface area contributed by atoms with E-state index in [2.05, 4.69) is 38.0 Å². The number of sulfonamides is 1. The van der Waals surface area contributed by atoms with Crippen LogP contribution in [0.25, 0.3) is 10.9 Å². The Kier molecular flexibility index (Phi) is 6.80. The van der Waals surface area contributed by atoms with Gasteiger partial charge in [-0.25, -0.2) is 8.42 Å². The Labute approximate surface area is 197 Å². The topological polar surface area (TPSA) is 82.6 Å². The Morgan fingerprint density at radius 1 is 1.12 bits per heavy atom. The Balaban J connectivity index is 1.60. The van der Waals surface area contributed by atoms with E-state index < -0.39 is 15.7 Å². The van der Waals surface area contributed by atoms with E-state index in [9.17, 15) is 13.2 Å². The highest BCUT2D eigenvalue weighted by molar-refractivity contribution is 7.89. The third-order valence-electron chi connectivity index (χ3n) is 7.64. The van der Waals surface area contributed by atoms with Crippen LogP contribution in [-0.4, -0.2) is 59.9 Å². The Bertz CT molecular complexity index is 1110. The number of carbonyl (C=O) groups excluding carboxylic acids is 1. The highest BCUT2D eigenvalue weighted by atomic mass is 32.2. The van der Waals surface area contributed by atoms with E-state index in [4.69, 9.17) is 0 Å². The van der Waals surface area contributed by atoms with E-state index in [1.165, 1.54) is 0 Å². The van der Waals surface area contributed by atoms with Crippen molar-refractivity contribution in [2.75, 3.05) is 19.6 Å². The van der Waals surface area contributed by atoms with E-state index in [0.29, 0.717) is 43.9 Å². The number of aromatic nitrogens is 1. The second-order valence-electron chi connectivity index (χ2n) is 9.74. The maximum Gasteiger partial charge on any atom is 0.245 e. The van der Waals surface area contributed by atoms with Gasteiger partial charge in [-0.1, -0.05) is 58.7 Å². The van der Waals surface area contributed by atoms with Crippen LogP contribution in [0.4, 0.5) is 0 Å². The van der Waals surface area contributed by atoms with Gasteiger partial charge in [-0.2, -0.15) is 4.31 Å². The molecule has 3 heterocycles. The molecule has 8 heteroatoms. The summed E-state index contributed by atoms with van der Waals surface area (Å²) in [6.07, 6.45) is 4.72. The summed E-state index contributed by atoms with van der Waals surface area (Å²) in [5.74, 6) is 0.797. The molecule has 4 rings (SSSR count). The number of pyridine rings is 1. The van der Waals surface area contributed by atoms with Crippen LogP contribution in [0.3, 0.4) is 0 Å². The average molecular weight is 473 g/mol. The molecule has 0 radical (unpaired) electrons. The minimum absolute atomic E-state index is 0.166. The molecule has 2 fully saturated rings. The third kappa shape index (κ3) is 4.29. The highest BCUT2D eigenvalue weighted by Gasteiger charge is 2.53. The van der Waals surface area contributed by atoms with Gasteiger partial charge in [0.2, 0.25) is 15.9 Å². The summed E-state index contributed by atoms with van der Waals surface area (Å²) >= 11 is 0. The lowest BCUT2D eigenvalue weighted by molar-refractivity contribution is -0.134. The zero-order chi connectivity index (χ0) is 23.8. The smallest absolute Gasteiger partial charge is 0.245 e. The number of rotatable bonds is 7. The van der Waals surface area contributed by atoms with Crippen LogP contribution < -0.4 is 5.32 Å². The number of benzene rings is 1. The van der Waals surface area contributed by atoms with Gasteiger partial charge in [0.1, 0.15) is 4.90 Å². The lowest BCUT2D eigenvalue weighted by atomic mass is 9.95. The first-order valence-corrected chi connectivity index (χ1v) is 13.6. The fourth-order valence-electron chi connectivity index (χ4n) is 5.07. The molecule has 3 atom stereocenters. The lowest BCUT2D eigenvalue weighted by Crippen LogP contribution is -2.60. The predicted octanol–water partition coefficient (Wildman–Crippen LogP) is 3.61. The monoisotopic (exact) mass is 472 g/mol. The van der Waals surface area contributed by atoms with Crippen LogP contribution in [0, 0.1) is 11.8 Å². The van der Waals surface area contributed by atoms with Crippen molar-refractivity contribution in [1.29, 1.82) is 0 Å². The molecule has 33 heavy (non-hydrogen) atoms. The first-order chi connectivity index (χ1) is 15.7. The predicted molar refractivity (Wildman–Crippen MR) is 130 cm³/mol. The third-order valence-corrected chi connectivity index (χ3v) is 9.57. The molecule has 1 aromatic heterocycles. The van der Waals surface area contributed by atoms with Crippen LogP contribution in [-0.2, 0) is 14.8 Å². The van der Waals surface area contributed by atoms with Crippen molar-refractivity contribution in [3.63, 3.8) is 0 Å². The van der Waals surface area contributed by atoms with Gasteiger partial charge in [-0.15, -0.1) is 0 Å². The van der Waals surface area contributed by atoms with Gasteiger partial charge >= 0.3 is 0 Å². The molecule has 1 spiro atoms. The van der Waals surface area contributed by atoms with Crippen molar-refractivity contribution in [1.82, 2.24) is 19.5 Å². The van der Waals surface area contributed by atoms with Crippen molar-refractivity contribution >= 4 is 26.8 Å². The van der Waals surface area contributed by atoms with Gasteiger partial charge in [0.15, 0.2) is 0 Å². The van der Waals surface area contributed by atoms with Crippen molar-refractivity contribution in [2.45, 2.75) is 70.0 Å². The molecule has 2 saturated heterocycles. The van der Waals surface area contributed by atoms with Crippen molar-refractivity contribution in [3.8, 4) is 0 Å². The number of para-hydroxylation sites is 1. The second-order valence-corrected chi connectivity index (χ2v) is 11.6. The van der Waals surface area contributed by atoms with E-state index in [0.717, 1.165) is 18.2 Å². The minimum atomic E-state index is -3.69. The number of hydrogen-bond acceptors (Lipinski definition) is 5. The zero-order valence-electron chi connectivity index (χ0n) is 20.1. The van der Waals surface area contributed by atoms with E-state index in [1.54, 1.807) is 22.6 Å². The number of piperidine rings is 1. The van der Waals surface area contributed by atoms with Crippen molar-refractivity contribution < 1.29 is 13.2 Å². The molecule has 180 valence electrons. The first kappa shape index (κ1) is 24.1. The van der Waals surface area contributed by atoms with Gasteiger partial charge in [0, 0.05) is 31.2 Å². The summed E-state index contributed by atoms with van der Waals surface area (Å²) in [4.78, 5) is 20.0. The molecule has 1 N–H and O–H groups in total. The SMILES string of the molecule is CC[C@H](C)CN1C(=O)[C@@H]([C@@H](C)CC)NC12CCN(S(=O)(=O)c1cccc3cccnc13)CC2. The molecular weight excluding hydrogens is 436 g/mol. The normalized spacial score (nSPS) is 23.3. The Hall–Kier alpha value is -2.03. The van der Waals surface area contributed by atoms with Gasteiger partial charge in [-0.3, -0.25) is 15.1 Å². The largest absolute Gasteiger partial charge is 0.323 e. The molecule has 2 aliphatic rings. The second kappa shape index (κ2) is 9.31. The van der Waals surface area contributed by atoms with Gasteiger partial charge in [0.05, 0.1) is 17.2 Å². The quantitative estimate of drug-likeness (QED) is 0.666. The summed E-state index contributed by atoms with van der Waals surface area (Å²) in [5.41, 5.74) is 0.0298. The molecule has 0 bridgehead atoms. The molecule has 1 amide bonds. The summed E-state index contributed by atoms with van der Waals surface area (Å²) < 4.78 is 28.7. The molecule has 0 aliphatic carbocycles. The first-order valence-electron chi connectivity index (χ1n) is 12.2. The number of nitrogens with one attached hydrogen (secondary N) is 1. The molecule has 1 aromatic carbocycles. The minimum Gasteiger partial charge on any atom is -0.323 e. The summed E-state index contributed by atoms with van der Waals surface area (Å²) in [7, 11) is -3.69. The van der Waals surface area contributed by atoms with Crippen LogP contribution in [0.1, 0.15) is 53.4 Å². The number of fused-ring (bicyclic) bond motifs is 1. The van der Waals surface area contributed by atoms with Crippen LogP contribution in [0.2, 0.25) is 0 Å². The fraction of sp³-hybridized carbons (Fsp3) is 0.600. The maximum atomic E-state index is 13.6. The number of amides is 1. The highest BCUT2D eigenvalue weighted by Crippen LogP contribution is 2.37. The van der Waals surface area contributed by atoms with Crippen LogP contribution in [0.5, 0.6) is 0 Å². The molecule has 0 saturated carbocycles. The van der Waals surface area contributed by atoms with E-state index in [1.807, 2.05) is 23.1 Å². The molecular formula is C25H36N4O3S. The van der Waals surface area contributed by atoms with Crippen LogP contribution in [0.15, 0.2) is 41.4 Å². The number of carbonyl (C=O) groups is 1. The van der Waals surface area contributed by atoms with Crippen molar-refractivity contribution in [2.24, 2.45) is 11.8 Å². The average Bonchev–Trinajstić information content (AvgIpc) is 3.09. The van der Waals surface area contributed by atoms with Gasteiger partial charge in [0.25, 0.3) is 0 Å². The summed E-state index contributed by atoms with van der Waals surface area (Å²) in [6.45, 7) is 9.98. The van der Waals surface area contributed by atoms with Gasteiger partial charge in [-0.05, 0) is 36.8 Å². The van der Waals surface area contributed by atoms with Crippen molar-refractivity contribution in [3.05, 3.63) is 36.5 Å². The van der Waals surface area contributed by atoms with Crippen LogP contribution >= 0.6 is 0 Å². The zero-order valence-corrected chi connectivity index (χ0v) is 20.9. The molecule has 2 aliphatic heterocycles. The summed E-state index contributed by atoms with van der Waals surface area (Å²) in [5, 5.41) is 4.48. The maximum absolute atomic E-state index is 13.6. The number of nitrogens with zero attached hydrogens (tertiary/aromatic N) is 3. The Morgan fingerprint density at radius 2 is 1.82 bits per heavy atom. The number of hydrogen-bond donors (Lipinski definition) is 1. The molecule has 7 nitrogen and oxygen atoms in total. The van der Waals surface area contributed by atoms with E-state index in [-0.39, 0.29) is 22.8 Å². The fourth-order valence-corrected chi connectivity index (χ4v) is 6.68. The summed E-state index contributed by atoms with van der Waals surface area (Å²) in [6, 6.07) is 8.77. The Morgan fingerprint density at radius 3 is 2.48 bits per heavy atom. The molecule has 0 unspecified atom stereocenters. The lowest BCUT2D eigenvalue weighted by Gasteiger charge is -2.45. The standard InChI is InChI=1S/C25H36N4O3S/c1-5-18(3)17-29-24(30)22(19(4)6-2)27-25(29)12-15-28(16-13-25)33(31,32)21-11-7-9-20-10-8-14-26-23(20)21/h7-11,14,18-19,22,27H,5-6,12-13,15-17H2,1-4H3/t18-,19-,22+/m0/s1. The van der Waals surface area contributed by atoms with E-state index >= 15 is 0 Å². The molecule has 2 aromatic rings.